The second-order valence-electron chi connectivity index (χ2n) is 4.86. The Bertz CT molecular complexity index is 297. The maximum atomic E-state index is 11.1. The molecule has 0 unspecified atom stereocenters. The van der Waals surface area contributed by atoms with E-state index < -0.39 is 10.4 Å². The van der Waals surface area contributed by atoms with Gasteiger partial charge in [-0.2, -0.15) is 15.0 Å². The Labute approximate surface area is 158 Å². The van der Waals surface area contributed by atoms with E-state index in [1.807, 2.05) is 0 Å². The fourth-order valence-electron chi connectivity index (χ4n) is 1.89. The van der Waals surface area contributed by atoms with E-state index in [0.717, 1.165) is 25.9 Å². The zero-order chi connectivity index (χ0) is 15.1. The number of thiol groups is 1. The molecule has 122 valence electrons. The molecule has 0 aromatic rings. The van der Waals surface area contributed by atoms with Crippen LogP contribution in [0.15, 0.2) is 0 Å². The van der Waals surface area contributed by atoms with Crippen molar-refractivity contribution in [3.8, 4) is 0 Å². The molecule has 0 aliphatic heterocycles. The largest absolute Gasteiger partial charge is 1.00 e. The summed E-state index contributed by atoms with van der Waals surface area (Å²) in [5.41, 5.74) is 0. The third-order valence-corrected chi connectivity index (χ3v) is 3.96. The van der Waals surface area contributed by atoms with Crippen molar-refractivity contribution in [3.05, 3.63) is 6.61 Å². The second-order valence-corrected chi connectivity index (χ2v) is 6.47. The van der Waals surface area contributed by atoms with Crippen molar-refractivity contribution in [2.75, 3.05) is 12.4 Å². The predicted octanol–water partition coefficient (Wildman–Crippen LogP) is 1.28. The van der Waals surface area contributed by atoms with E-state index in [-0.39, 0.29) is 41.9 Å². The van der Waals surface area contributed by atoms with Gasteiger partial charge in [0.1, 0.15) is 0 Å². The van der Waals surface area contributed by atoms with Gasteiger partial charge in [-0.05, 0) is 6.42 Å². The number of rotatable bonds is 15. The molecule has 0 atom stereocenters. The zero-order valence-corrected chi connectivity index (χ0v) is 17.3. The molecule has 0 saturated carbocycles. The fourth-order valence-corrected chi connectivity index (χ4v) is 2.68. The minimum atomic E-state index is -3.86. The first kappa shape index (κ1) is 24.5. The van der Waals surface area contributed by atoms with Gasteiger partial charge in [-0.3, -0.25) is 4.18 Å². The molecule has 0 fully saturated rings. The molecule has 0 aromatic carbocycles. The second kappa shape index (κ2) is 17.6. The van der Waals surface area contributed by atoms with E-state index >= 15 is 0 Å². The summed E-state index contributed by atoms with van der Waals surface area (Å²) in [6.07, 6.45) is 12.0. The third-order valence-electron chi connectivity index (χ3n) is 2.99. The molecule has 0 radical (unpaired) electrons. The van der Waals surface area contributed by atoms with E-state index in [9.17, 15) is 8.42 Å². The van der Waals surface area contributed by atoms with E-state index in [2.05, 4.69) is 27.9 Å². The summed E-state index contributed by atoms with van der Waals surface area (Å²) in [5, 5.41) is 0. The van der Waals surface area contributed by atoms with Gasteiger partial charge in [0.2, 0.25) is 0 Å². The molecule has 4 nitrogen and oxygen atoms in total. The Kier molecular flexibility index (Phi) is 20.5. The van der Waals surface area contributed by atoms with Gasteiger partial charge in [-0.25, -0.2) is 12.6 Å². The summed E-state index contributed by atoms with van der Waals surface area (Å²) in [6.45, 7) is 3.51. The van der Waals surface area contributed by atoms with Gasteiger partial charge in [0.05, 0.1) is 6.61 Å². The minimum Gasteiger partial charge on any atom is -0.424 e. The molecular formula is C14H29NaO4S2. The van der Waals surface area contributed by atoms with Crippen LogP contribution in [0.4, 0.5) is 0 Å². The van der Waals surface area contributed by atoms with Crippen molar-refractivity contribution in [1.82, 2.24) is 0 Å². The quantitative estimate of drug-likeness (QED) is 0.210. The standard InChI is InChI=1S/C14H29O4S2.Na/c1-2-3-4-5-6-7-8-9-10-11-12-17-20(15,16)18-13-14-19;/h13,19H,2-12,14H2,1H3;/q-1;+1. The normalized spacial score (nSPS) is 11.3. The smallest absolute Gasteiger partial charge is 0.424 e. The number of hydrogen-bond donors (Lipinski definition) is 1. The molecule has 0 spiro atoms. The van der Waals surface area contributed by atoms with E-state index in [1.165, 1.54) is 44.9 Å². The molecule has 7 heteroatoms. The average Bonchev–Trinajstić information content (AvgIpc) is 2.42. The number of unbranched alkanes of at least 4 members (excludes halogenated alkanes) is 9. The van der Waals surface area contributed by atoms with Gasteiger partial charge in [0.15, 0.2) is 0 Å². The monoisotopic (exact) mass is 348 g/mol. The van der Waals surface area contributed by atoms with Gasteiger partial charge in [0, 0.05) is 0 Å². The number of hydrogen-bond acceptors (Lipinski definition) is 5. The Morgan fingerprint density at radius 2 is 1.38 bits per heavy atom. The van der Waals surface area contributed by atoms with Crippen LogP contribution in [0.2, 0.25) is 0 Å². The molecule has 0 heterocycles. The third kappa shape index (κ3) is 19.2. The maximum Gasteiger partial charge on any atom is 1.00 e. The molecule has 0 bridgehead atoms. The first-order chi connectivity index (χ1) is 9.62. The fraction of sp³-hybridized carbons (Fsp3) is 0.929. The Morgan fingerprint density at radius 1 is 0.905 bits per heavy atom. The Hall–Kier alpha value is 1.22. The summed E-state index contributed by atoms with van der Waals surface area (Å²) < 4.78 is 31.4. The van der Waals surface area contributed by atoms with Gasteiger partial charge in [-0.1, -0.05) is 64.7 Å². The summed E-state index contributed by atoms with van der Waals surface area (Å²) >= 11 is 3.82. The van der Waals surface area contributed by atoms with E-state index in [0.29, 0.717) is 0 Å². The van der Waals surface area contributed by atoms with Crippen molar-refractivity contribution in [2.45, 2.75) is 71.1 Å². The van der Waals surface area contributed by atoms with Gasteiger partial charge >= 0.3 is 40.0 Å². The SMILES string of the molecule is CCCCCCCCCCCCOS(=O)(=O)O[CH-]CS.[Na+]. The van der Waals surface area contributed by atoms with Crippen molar-refractivity contribution in [3.63, 3.8) is 0 Å². The Morgan fingerprint density at radius 3 is 1.86 bits per heavy atom. The van der Waals surface area contributed by atoms with Gasteiger partial charge in [0.25, 0.3) is 0 Å². The van der Waals surface area contributed by atoms with Gasteiger partial charge < -0.3 is 4.18 Å². The van der Waals surface area contributed by atoms with Crippen molar-refractivity contribution in [1.29, 1.82) is 0 Å². The predicted molar refractivity (Wildman–Crippen MR) is 86.0 cm³/mol. The van der Waals surface area contributed by atoms with Crippen LogP contribution in [0.5, 0.6) is 0 Å². The van der Waals surface area contributed by atoms with Crippen LogP contribution in [-0.2, 0) is 18.8 Å². The molecule has 0 saturated heterocycles. The van der Waals surface area contributed by atoms with Crippen LogP contribution in [-0.4, -0.2) is 20.8 Å². The molecule has 0 aromatic heterocycles. The summed E-state index contributed by atoms with van der Waals surface area (Å²) in [5.74, 6) is 0.237. The van der Waals surface area contributed by atoms with Crippen molar-refractivity contribution in [2.24, 2.45) is 0 Å². The van der Waals surface area contributed by atoms with Crippen LogP contribution < -0.4 is 29.6 Å². The van der Waals surface area contributed by atoms with Crippen LogP contribution in [0.3, 0.4) is 0 Å². The van der Waals surface area contributed by atoms with Crippen LogP contribution >= 0.6 is 12.6 Å². The topological polar surface area (TPSA) is 52.6 Å². The molecule has 21 heavy (non-hydrogen) atoms. The minimum absolute atomic E-state index is 0. The zero-order valence-electron chi connectivity index (χ0n) is 13.6. The molecule has 0 rings (SSSR count). The summed E-state index contributed by atoms with van der Waals surface area (Å²) in [7, 11) is -3.86. The van der Waals surface area contributed by atoms with Crippen LogP contribution in [0.1, 0.15) is 71.1 Å². The molecule has 0 amide bonds. The summed E-state index contributed by atoms with van der Waals surface area (Å²) in [6, 6.07) is 0. The molecule has 0 aliphatic rings. The van der Waals surface area contributed by atoms with Crippen molar-refractivity contribution < 1.29 is 46.3 Å². The molecule has 0 N–H and O–H groups in total. The first-order valence-electron chi connectivity index (χ1n) is 7.62. The van der Waals surface area contributed by atoms with Crippen LogP contribution in [0.25, 0.3) is 0 Å². The van der Waals surface area contributed by atoms with Crippen LogP contribution in [0, 0.1) is 6.61 Å². The molecular weight excluding hydrogens is 319 g/mol. The summed E-state index contributed by atoms with van der Waals surface area (Å²) in [4.78, 5) is 0. The van der Waals surface area contributed by atoms with E-state index in [4.69, 9.17) is 0 Å². The molecule has 0 aliphatic carbocycles. The Balaban J connectivity index is 0. The van der Waals surface area contributed by atoms with Gasteiger partial charge in [-0.15, -0.1) is 5.75 Å². The maximum absolute atomic E-state index is 11.1. The first-order valence-corrected chi connectivity index (χ1v) is 9.59. The van der Waals surface area contributed by atoms with Crippen molar-refractivity contribution >= 4 is 23.0 Å². The van der Waals surface area contributed by atoms with E-state index in [1.54, 1.807) is 0 Å². The average molecular weight is 349 g/mol.